The van der Waals surface area contributed by atoms with Crippen LogP contribution in [0.3, 0.4) is 0 Å². The summed E-state index contributed by atoms with van der Waals surface area (Å²) in [4.78, 5) is 10.8. The average Bonchev–Trinajstić information content (AvgIpc) is 2.78. The molecule has 1 aliphatic rings. The second-order valence-corrected chi connectivity index (χ2v) is 2.83. The minimum Gasteiger partial charge on any atom is -0.385 e. The van der Waals surface area contributed by atoms with E-state index in [2.05, 4.69) is 5.11 Å². The lowest BCUT2D eigenvalue weighted by molar-refractivity contribution is -0.120. The molecule has 0 bridgehead atoms. The first kappa shape index (κ1) is 8.33. The monoisotopic (exact) mass is 156 g/mol. The molecule has 0 aliphatic heterocycles. The summed E-state index contributed by atoms with van der Waals surface area (Å²) in [5, 5.41) is 2.88. The average molecular weight is 156 g/mol. The number of methoxy groups -OCH3 is 1. The summed E-state index contributed by atoms with van der Waals surface area (Å²) < 4.78 is 4.87. The van der Waals surface area contributed by atoms with Gasteiger partial charge in [0.25, 0.3) is 5.91 Å². The van der Waals surface area contributed by atoms with Crippen molar-refractivity contribution in [3.63, 3.8) is 0 Å². The summed E-state index contributed by atoms with van der Waals surface area (Å²) in [6.07, 6.45) is 1.81. The molecule has 1 aliphatic carbocycles. The van der Waals surface area contributed by atoms with Crippen molar-refractivity contribution in [1.82, 2.24) is 0 Å². The van der Waals surface area contributed by atoms with E-state index in [-0.39, 0.29) is 11.8 Å². The molecule has 0 aromatic rings. The number of nitrogens with zero attached hydrogens (tertiary/aromatic N) is 1. The maximum Gasteiger partial charge on any atom is 0.267 e. The van der Waals surface area contributed by atoms with Crippen molar-refractivity contribution < 1.29 is 9.53 Å². The lowest BCUT2D eigenvalue weighted by Gasteiger charge is -1.94. The van der Waals surface area contributed by atoms with Gasteiger partial charge in [0.2, 0.25) is 0 Å². The Bertz CT molecular complexity index is 170. The van der Waals surface area contributed by atoms with Crippen LogP contribution in [0.2, 0.25) is 0 Å². The van der Waals surface area contributed by atoms with Crippen LogP contribution in [-0.2, 0) is 9.53 Å². The number of rotatable bonds is 4. The molecule has 1 fully saturated rings. The second kappa shape index (κ2) is 3.57. The Labute approximate surface area is 65.4 Å². The largest absolute Gasteiger partial charge is 0.385 e. The number of hydrogen-bond acceptors (Lipinski definition) is 3. The lowest BCUT2D eigenvalue weighted by atomic mass is 10.2. The molecule has 1 unspecified atom stereocenters. The zero-order valence-electron chi connectivity index (χ0n) is 6.54. The van der Waals surface area contributed by atoms with Crippen LogP contribution in [0.15, 0.2) is 5.11 Å². The summed E-state index contributed by atoms with van der Waals surface area (Å²) in [5.41, 5.74) is 6.49. The van der Waals surface area contributed by atoms with Crippen LogP contribution in [0.1, 0.15) is 12.8 Å². The molecule has 0 spiro atoms. The highest BCUT2D eigenvalue weighted by atomic mass is 16.5. The highest BCUT2D eigenvalue weighted by molar-refractivity contribution is 5.81. The molecular formula is C7H12N2O2. The highest BCUT2D eigenvalue weighted by Gasteiger charge is 2.42. The van der Waals surface area contributed by atoms with E-state index < -0.39 is 0 Å². The number of hydrogen-bond donors (Lipinski definition) is 1. The molecule has 0 aromatic heterocycles. The molecule has 1 N–H and O–H groups in total. The maximum absolute atomic E-state index is 10.8. The van der Waals surface area contributed by atoms with Crippen molar-refractivity contribution in [2.24, 2.45) is 17.0 Å². The van der Waals surface area contributed by atoms with Crippen LogP contribution in [-0.4, -0.2) is 19.6 Å². The third kappa shape index (κ3) is 2.08. The standard InChI is InChI=1S/C7H12N2O2/c1-11-3-2-5-4-6(5)7(10)9-8/h5-6,8H,2-4H2,1H3/t5-,6?/m0/s1. The molecule has 1 rings (SSSR count). The van der Waals surface area contributed by atoms with Crippen LogP contribution in [0.5, 0.6) is 0 Å². The summed E-state index contributed by atoms with van der Waals surface area (Å²) in [6.45, 7) is 0.701. The summed E-state index contributed by atoms with van der Waals surface area (Å²) in [5.74, 6) is 0.185. The number of ether oxygens (including phenoxy) is 1. The van der Waals surface area contributed by atoms with E-state index in [1.807, 2.05) is 0 Å². The quantitative estimate of drug-likeness (QED) is 0.622. The van der Waals surface area contributed by atoms with Crippen LogP contribution in [0, 0.1) is 17.4 Å². The van der Waals surface area contributed by atoms with E-state index in [1.54, 1.807) is 7.11 Å². The fourth-order valence-electron chi connectivity index (χ4n) is 1.22. The van der Waals surface area contributed by atoms with E-state index in [0.717, 1.165) is 12.8 Å². The Morgan fingerprint density at radius 3 is 3.09 bits per heavy atom. The van der Waals surface area contributed by atoms with Crippen molar-refractivity contribution in [2.75, 3.05) is 13.7 Å². The van der Waals surface area contributed by atoms with Crippen molar-refractivity contribution in [2.45, 2.75) is 12.8 Å². The van der Waals surface area contributed by atoms with Gasteiger partial charge in [-0.15, -0.1) is 5.11 Å². The van der Waals surface area contributed by atoms with E-state index >= 15 is 0 Å². The molecule has 0 saturated heterocycles. The minimum atomic E-state index is -0.272. The minimum absolute atomic E-state index is 0.0302. The third-order valence-electron chi connectivity index (χ3n) is 2.04. The van der Waals surface area contributed by atoms with Gasteiger partial charge in [0, 0.05) is 19.6 Å². The summed E-state index contributed by atoms with van der Waals surface area (Å²) in [6, 6.07) is 0. The predicted molar refractivity (Wildman–Crippen MR) is 38.2 cm³/mol. The fourth-order valence-corrected chi connectivity index (χ4v) is 1.22. The summed E-state index contributed by atoms with van der Waals surface area (Å²) in [7, 11) is 1.65. The maximum atomic E-state index is 10.8. The Morgan fingerprint density at radius 1 is 1.82 bits per heavy atom. The normalized spacial score (nSPS) is 28.1. The molecule has 4 nitrogen and oxygen atoms in total. The van der Waals surface area contributed by atoms with Crippen molar-refractivity contribution in [3.05, 3.63) is 0 Å². The molecule has 0 radical (unpaired) electrons. The van der Waals surface area contributed by atoms with Crippen LogP contribution < -0.4 is 0 Å². The van der Waals surface area contributed by atoms with Gasteiger partial charge in [0.1, 0.15) is 0 Å². The van der Waals surface area contributed by atoms with Gasteiger partial charge in [-0.3, -0.25) is 4.79 Å². The summed E-state index contributed by atoms with van der Waals surface area (Å²) >= 11 is 0. The van der Waals surface area contributed by atoms with E-state index in [0.29, 0.717) is 12.5 Å². The van der Waals surface area contributed by atoms with Gasteiger partial charge < -0.3 is 4.74 Å². The van der Waals surface area contributed by atoms with Gasteiger partial charge in [-0.2, -0.15) is 0 Å². The van der Waals surface area contributed by atoms with Crippen molar-refractivity contribution in [1.29, 1.82) is 5.53 Å². The third-order valence-corrected chi connectivity index (χ3v) is 2.04. The molecule has 1 amide bonds. The smallest absolute Gasteiger partial charge is 0.267 e. The molecule has 4 heteroatoms. The van der Waals surface area contributed by atoms with E-state index in [9.17, 15) is 4.79 Å². The molecule has 1 saturated carbocycles. The van der Waals surface area contributed by atoms with Gasteiger partial charge in [-0.05, 0) is 18.8 Å². The molecule has 0 aromatic carbocycles. The molecule has 11 heavy (non-hydrogen) atoms. The first-order chi connectivity index (χ1) is 5.29. The molecule has 2 atom stereocenters. The Morgan fingerprint density at radius 2 is 2.55 bits per heavy atom. The van der Waals surface area contributed by atoms with Crippen molar-refractivity contribution in [3.8, 4) is 0 Å². The zero-order valence-corrected chi connectivity index (χ0v) is 6.54. The first-order valence-electron chi connectivity index (χ1n) is 3.70. The Hall–Kier alpha value is -0.770. The van der Waals surface area contributed by atoms with Gasteiger partial charge in [0.15, 0.2) is 0 Å². The number of carbonyl (C=O) groups is 1. The fraction of sp³-hybridized carbons (Fsp3) is 0.857. The molecule has 0 heterocycles. The number of carbonyl (C=O) groups excluding carboxylic acids is 1. The van der Waals surface area contributed by atoms with Crippen LogP contribution in [0.25, 0.3) is 0 Å². The molecule has 62 valence electrons. The topological polar surface area (TPSA) is 62.5 Å². The van der Waals surface area contributed by atoms with Gasteiger partial charge in [-0.1, -0.05) is 0 Å². The lowest BCUT2D eigenvalue weighted by Crippen LogP contribution is -1.98. The van der Waals surface area contributed by atoms with Crippen molar-refractivity contribution >= 4 is 5.91 Å². The van der Waals surface area contributed by atoms with Crippen LogP contribution in [0.4, 0.5) is 0 Å². The van der Waals surface area contributed by atoms with Gasteiger partial charge >= 0.3 is 0 Å². The zero-order chi connectivity index (χ0) is 8.27. The highest BCUT2D eigenvalue weighted by Crippen LogP contribution is 2.41. The number of nitrogens with one attached hydrogen (secondary N) is 1. The second-order valence-electron chi connectivity index (χ2n) is 2.83. The van der Waals surface area contributed by atoms with Gasteiger partial charge in [-0.25, -0.2) is 5.53 Å². The van der Waals surface area contributed by atoms with Gasteiger partial charge in [0.05, 0.1) is 0 Å². The van der Waals surface area contributed by atoms with E-state index in [4.69, 9.17) is 10.3 Å². The molecular weight excluding hydrogens is 144 g/mol. The predicted octanol–water partition coefficient (Wildman–Crippen LogP) is 1.22. The number of amides is 1. The van der Waals surface area contributed by atoms with Crippen LogP contribution >= 0.6 is 0 Å². The SMILES string of the molecule is COCC[C@H]1CC1C(=O)N=N. The Kier molecular flexibility index (Phi) is 2.70. The Balaban J connectivity index is 2.15. The first-order valence-corrected chi connectivity index (χ1v) is 3.70. The van der Waals surface area contributed by atoms with E-state index in [1.165, 1.54) is 0 Å².